The van der Waals surface area contributed by atoms with Gasteiger partial charge in [-0.05, 0) is 16.7 Å². The fourth-order valence-corrected chi connectivity index (χ4v) is 5.74. The second-order valence-corrected chi connectivity index (χ2v) is 12.0. The summed E-state index contributed by atoms with van der Waals surface area (Å²) in [4.78, 5) is 23.3. The van der Waals surface area contributed by atoms with E-state index in [1.165, 1.54) is 14.0 Å². The first-order valence-electron chi connectivity index (χ1n) is 16.6. The van der Waals surface area contributed by atoms with Gasteiger partial charge in [0.1, 0.15) is 37.1 Å². The summed E-state index contributed by atoms with van der Waals surface area (Å²) in [6, 6.07) is 28.9. The fourth-order valence-electron chi connectivity index (χ4n) is 5.74. The van der Waals surface area contributed by atoms with Crippen LogP contribution in [0.25, 0.3) is 0 Å². The van der Waals surface area contributed by atoms with E-state index in [9.17, 15) is 19.8 Å². The van der Waals surface area contributed by atoms with Crippen molar-refractivity contribution in [2.75, 3.05) is 20.3 Å². The molecule has 0 aliphatic carbocycles. The number of ether oxygens (including phenoxy) is 9. The van der Waals surface area contributed by atoms with Crippen LogP contribution in [0.2, 0.25) is 0 Å². The molecule has 274 valence electrons. The van der Waals surface area contributed by atoms with E-state index in [1.807, 2.05) is 91.0 Å². The second kappa shape index (κ2) is 18.8. The van der Waals surface area contributed by atoms with Crippen molar-refractivity contribution in [3.05, 3.63) is 119 Å². The Morgan fingerprint density at radius 3 is 1.61 bits per heavy atom. The Morgan fingerprint density at radius 2 is 1.12 bits per heavy atom. The number of benzene rings is 3. The molecule has 2 N–H and O–H groups in total. The van der Waals surface area contributed by atoms with Crippen LogP contribution in [-0.4, -0.2) is 91.7 Å². The molecule has 2 aliphatic heterocycles. The standard InChI is InChI=1S/C38H44O13/c1-24(39)44-22-29-33(49-25(2)40)31(41)32(42)37(50-29)48-23-30-34(45-19-26-13-7-4-8-14-26)35(46-20-27-15-9-5-10-16-27)36(38(43-3)51-30)47-21-28-17-11-6-12-18-28/h4-18,29-30,33-38,41-42H,19-23H2,1-3H3/t29-,30-,33-,34-,35+,36-,37+,38+/m1/s1. The van der Waals surface area contributed by atoms with Crippen molar-refractivity contribution in [3.8, 4) is 0 Å². The Bertz CT molecular complexity index is 1550. The minimum atomic E-state index is -1.55. The summed E-state index contributed by atoms with van der Waals surface area (Å²) in [6.07, 6.45) is -8.31. The van der Waals surface area contributed by atoms with Gasteiger partial charge < -0.3 is 52.8 Å². The molecule has 2 heterocycles. The van der Waals surface area contributed by atoms with Crippen molar-refractivity contribution in [1.82, 2.24) is 0 Å². The van der Waals surface area contributed by atoms with Crippen molar-refractivity contribution in [2.45, 2.75) is 82.9 Å². The number of carbonyl (C=O) groups is 2. The van der Waals surface area contributed by atoms with Gasteiger partial charge in [0, 0.05) is 21.0 Å². The third kappa shape index (κ3) is 10.6. The van der Waals surface area contributed by atoms with E-state index in [4.69, 9.17) is 42.6 Å². The lowest BCUT2D eigenvalue weighted by Gasteiger charge is -2.46. The molecule has 5 rings (SSSR count). The minimum absolute atomic E-state index is 0.194. The van der Waals surface area contributed by atoms with E-state index in [-0.39, 0.29) is 26.4 Å². The SMILES string of the molecule is CO[C@H]1O[C@H](CO[C@H]2O[C@H](COC(C)=O)[C@@H](OC(C)=O)C(O)=C2O)[C@@H](OCc2ccccc2)[C@H](OCc2ccccc2)[C@H]1OCc1ccccc1. The number of carbonyl (C=O) groups excluding carboxylic acids is 2. The molecule has 0 aromatic heterocycles. The van der Waals surface area contributed by atoms with Gasteiger partial charge in [-0.15, -0.1) is 0 Å². The summed E-state index contributed by atoms with van der Waals surface area (Å²) in [5.74, 6) is -2.79. The minimum Gasteiger partial charge on any atom is -0.505 e. The molecule has 8 atom stereocenters. The van der Waals surface area contributed by atoms with Gasteiger partial charge in [-0.25, -0.2) is 0 Å². The number of hydrogen-bond acceptors (Lipinski definition) is 13. The normalized spacial score (nSPS) is 26.4. The largest absolute Gasteiger partial charge is 0.505 e. The Balaban J connectivity index is 1.42. The molecule has 0 spiro atoms. The molecule has 2 aliphatic rings. The van der Waals surface area contributed by atoms with Gasteiger partial charge in [-0.2, -0.15) is 0 Å². The maximum absolute atomic E-state index is 11.8. The molecule has 51 heavy (non-hydrogen) atoms. The van der Waals surface area contributed by atoms with Crippen molar-refractivity contribution in [1.29, 1.82) is 0 Å². The average molecular weight is 709 g/mol. The Kier molecular flexibility index (Phi) is 13.9. The highest BCUT2D eigenvalue weighted by atomic mass is 16.7. The zero-order chi connectivity index (χ0) is 36.2. The van der Waals surface area contributed by atoms with Crippen molar-refractivity contribution < 1.29 is 62.4 Å². The average Bonchev–Trinajstić information content (AvgIpc) is 3.14. The van der Waals surface area contributed by atoms with E-state index in [1.54, 1.807) is 0 Å². The van der Waals surface area contributed by atoms with E-state index >= 15 is 0 Å². The molecule has 1 saturated heterocycles. The zero-order valence-corrected chi connectivity index (χ0v) is 28.7. The van der Waals surface area contributed by atoms with Gasteiger partial charge in [0.15, 0.2) is 23.9 Å². The lowest BCUT2D eigenvalue weighted by Crippen LogP contribution is -2.62. The second-order valence-electron chi connectivity index (χ2n) is 12.0. The molecule has 1 fully saturated rings. The predicted octanol–water partition coefficient (Wildman–Crippen LogP) is 4.68. The molecule has 0 radical (unpaired) electrons. The third-order valence-corrected chi connectivity index (χ3v) is 8.23. The molecule has 0 unspecified atom stereocenters. The molecular formula is C38H44O13. The topological polar surface area (TPSA) is 158 Å². The molecule has 0 saturated carbocycles. The van der Waals surface area contributed by atoms with Crippen LogP contribution in [-0.2, 0) is 72.0 Å². The van der Waals surface area contributed by atoms with E-state index in [0.717, 1.165) is 23.6 Å². The summed E-state index contributed by atoms with van der Waals surface area (Å²) in [6.45, 7) is 2.34. The van der Waals surface area contributed by atoms with Gasteiger partial charge in [-0.3, -0.25) is 9.59 Å². The monoisotopic (exact) mass is 708 g/mol. The van der Waals surface area contributed by atoms with Crippen molar-refractivity contribution in [2.24, 2.45) is 0 Å². The first kappa shape index (κ1) is 37.9. The third-order valence-electron chi connectivity index (χ3n) is 8.23. The quantitative estimate of drug-likeness (QED) is 0.198. The van der Waals surface area contributed by atoms with E-state index in [2.05, 4.69) is 0 Å². The molecule has 0 bridgehead atoms. The van der Waals surface area contributed by atoms with Gasteiger partial charge in [-0.1, -0.05) is 91.0 Å². The number of esters is 2. The highest BCUT2D eigenvalue weighted by Gasteiger charge is 2.50. The van der Waals surface area contributed by atoms with Crippen LogP contribution in [0.3, 0.4) is 0 Å². The number of aliphatic hydroxyl groups excluding tert-OH is 2. The lowest BCUT2D eigenvalue weighted by molar-refractivity contribution is -0.329. The van der Waals surface area contributed by atoms with Crippen LogP contribution in [0.15, 0.2) is 103 Å². The molecule has 13 nitrogen and oxygen atoms in total. The Morgan fingerprint density at radius 1 is 0.608 bits per heavy atom. The summed E-state index contributed by atoms with van der Waals surface area (Å²) in [7, 11) is 1.49. The number of hydrogen-bond donors (Lipinski definition) is 2. The smallest absolute Gasteiger partial charge is 0.303 e. The first-order chi connectivity index (χ1) is 24.7. The summed E-state index contributed by atoms with van der Waals surface area (Å²) in [5.41, 5.74) is 2.77. The summed E-state index contributed by atoms with van der Waals surface area (Å²) in [5, 5.41) is 21.7. The van der Waals surface area contributed by atoms with Crippen LogP contribution < -0.4 is 0 Å². The zero-order valence-electron chi connectivity index (χ0n) is 28.7. The van der Waals surface area contributed by atoms with Crippen LogP contribution in [0, 0.1) is 0 Å². The molecule has 3 aromatic rings. The number of rotatable bonds is 16. The Hall–Kier alpha value is -4.34. The van der Waals surface area contributed by atoms with Crippen molar-refractivity contribution in [3.63, 3.8) is 0 Å². The highest BCUT2D eigenvalue weighted by Crippen LogP contribution is 2.33. The van der Waals surface area contributed by atoms with Gasteiger partial charge >= 0.3 is 11.9 Å². The molecule has 13 heteroatoms. The first-order valence-corrected chi connectivity index (χ1v) is 16.6. The van der Waals surface area contributed by atoms with Crippen LogP contribution in [0.4, 0.5) is 0 Å². The molecule has 3 aromatic carbocycles. The van der Waals surface area contributed by atoms with Gasteiger partial charge in [0.2, 0.25) is 6.29 Å². The van der Waals surface area contributed by atoms with E-state index < -0.39 is 79.3 Å². The lowest BCUT2D eigenvalue weighted by atomic mass is 9.97. The molecular weight excluding hydrogens is 664 g/mol. The maximum Gasteiger partial charge on any atom is 0.303 e. The van der Waals surface area contributed by atoms with E-state index in [0.29, 0.717) is 0 Å². The van der Waals surface area contributed by atoms with Gasteiger partial charge in [0.25, 0.3) is 0 Å². The van der Waals surface area contributed by atoms with Gasteiger partial charge in [0.05, 0.1) is 26.4 Å². The van der Waals surface area contributed by atoms with Crippen LogP contribution in [0.1, 0.15) is 30.5 Å². The molecule has 0 amide bonds. The maximum atomic E-state index is 11.8. The summed E-state index contributed by atoms with van der Waals surface area (Å²) >= 11 is 0. The Labute approximate surface area is 296 Å². The highest BCUT2D eigenvalue weighted by molar-refractivity contribution is 5.67. The van der Waals surface area contributed by atoms with Crippen LogP contribution in [0.5, 0.6) is 0 Å². The predicted molar refractivity (Wildman–Crippen MR) is 180 cm³/mol. The fraction of sp³-hybridized carbons (Fsp3) is 0.421. The van der Waals surface area contributed by atoms with Crippen molar-refractivity contribution >= 4 is 11.9 Å². The van der Waals surface area contributed by atoms with Crippen LogP contribution >= 0.6 is 0 Å². The number of methoxy groups -OCH3 is 1. The summed E-state index contributed by atoms with van der Waals surface area (Å²) < 4.78 is 53.9. The number of aliphatic hydroxyl groups is 2.